The van der Waals surface area contributed by atoms with E-state index in [-0.39, 0.29) is 46.5 Å². The first-order valence-electron chi connectivity index (χ1n) is 10.7. The molecule has 1 fully saturated rings. The number of carbonyl (C=O) groups is 2. The Morgan fingerprint density at radius 3 is 2.57 bits per heavy atom. The second kappa shape index (κ2) is 9.04. The molecule has 1 saturated carbocycles. The molecule has 1 aliphatic carbocycles. The fourth-order valence-corrected chi connectivity index (χ4v) is 3.68. The van der Waals surface area contributed by atoms with Crippen molar-refractivity contribution in [2.45, 2.75) is 45.3 Å². The fraction of sp³-hybridized carbons (Fsp3) is 0.409. The highest BCUT2D eigenvalue weighted by Gasteiger charge is 2.38. The second-order valence-corrected chi connectivity index (χ2v) is 7.93. The molecule has 1 aliphatic rings. The minimum atomic E-state index is -4.70. The lowest BCUT2D eigenvalue weighted by Crippen LogP contribution is -2.30. The van der Waals surface area contributed by atoms with Crippen LogP contribution in [0.4, 0.5) is 13.2 Å². The maximum Gasteiger partial charge on any atom is 0.416 e. The number of benzene rings is 1. The summed E-state index contributed by atoms with van der Waals surface area (Å²) in [6.45, 7) is 2.85. The summed E-state index contributed by atoms with van der Waals surface area (Å²) in [5.41, 5.74) is -2.56. The number of carbonyl (C=O) groups excluding carboxylic acids is 2. The van der Waals surface area contributed by atoms with Crippen molar-refractivity contribution in [1.29, 1.82) is 0 Å². The molecule has 10 nitrogen and oxygen atoms in total. The second-order valence-electron chi connectivity index (χ2n) is 7.93. The Bertz CT molecular complexity index is 1350. The van der Waals surface area contributed by atoms with Crippen LogP contribution in [0.1, 0.15) is 74.8 Å². The minimum absolute atomic E-state index is 0.133. The fourth-order valence-electron chi connectivity index (χ4n) is 3.68. The lowest BCUT2D eigenvalue weighted by molar-refractivity contribution is -0.137. The first-order chi connectivity index (χ1) is 16.6. The summed E-state index contributed by atoms with van der Waals surface area (Å²) in [5, 5.41) is 7.72. The summed E-state index contributed by atoms with van der Waals surface area (Å²) in [6, 6.07) is 2.53. The first-order valence-corrected chi connectivity index (χ1v) is 10.7. The number of aromatic nitrogens is 4. The number of hydrogen-bond acceptors (Lipinski definition) is 8. The highest BCUT2D eigenvalue weighted by molar-refractivity contribution is 6.15. The van der Waals surface area contributed by atoms with Gasteiger partial charge in [0.2, 0.25) is 5.69 Å². The van der Waals surface area contributed by atoms with E-state index >= 15 is 0 Å². The third-order valence-corrected chi connectivity index (χ3v) is 5.48. The third-order valence-electron chi connectivity index (χ3n) is 5.48. The SMILES string of the molecule is CCOn1c(C)nn(Cc2cc(C(F)(F)F)ccc2C(=O)c2c(C(=O)OC)noc2C2CC2)c1=O. The Balaban J connectivity index is 1.84. The molecule has 0 unspecified atom stereocenters. The molecule has 0 saturated heterocycles. The number of methoxy groups -OCH3 is 1. The normalized spacial score (nSPS) is 13.7. The Morgan fingerprint density at radius 2 is 1.97 bits per heavy atom. The zero-order chi connectivity index (χ0) is 25.5. The van der Waals surface area contributed by atoms with E-state index in [1.807, 2.05) is 0 Å². The maximum atomic E-state index is 13.6. The average Bonchev–Trinajstić information content (AvgIpc) is 3.51. The zero-order valence-electron chi connectivity index (χ0n) is 19.0. The lowest BCUT2D eigenvalue weighted by Gasteiger charge is -2.13. The van der Waals surface area contributed by atoms with Crippen LogP contribution in [0.15, 0.2) is 27.5 Å². The van der Waals surface area contributed by atoms with Crippen molar-refractivity contribution in [3.63, 3.8) is 0 Å². The molecule has 0 amide bonds. The molecule has 35 heavy (non-hydrogen) atoms. The molecule has 0 aliphatic heterocycles. The van der Waals surface area contributed by atoms with Gasteiger partial charge in [-0.05, 0) is 44.4 Å². The maximum absolute atomic E-state index is 13.6. The van der Waals surface area contributed by atoms with Gasteiger partial charge in [0.1, 0.15) is 12.2 Å². The molecule has 0 atom stereocenters. The van der Waals surface area contributed by atoms with Crippen molar-refractivity contribution in [1.82, 2.24) is 19.7 Å². The highest BCUT2D eigenvalue weighted by atomic mass is 19.4. The van der Waals surface area contributed by atoms with Crippen molar-refractivity contribution in [3.05, 3.63) is 68.2 Å². The van der Waals surface area contributed by atoms with Crippen LogP contribution in [0.25, 0.3) is 0 Å². The van der Waals surface area contributed by atoms with Crippen LogP contribution >= 0.6 is 0 Å². The summed E-state index contributed by atoms with van der Waals surface area (Å²) >= 11 is 0. The van der Waals surface area contributed by atoms with E-state index in [0.29, 0.717) is 12.8 Å². The molecular weight excluding hydrogens is 473 g/mol. The van der Waals surface area contributed by atoms with Gasteiger partial charge in [0.05, 0.1) is 19.2 Å². The summed E-state index contributed by atoms with van der Waals surface area (Å²) in [7, 11) is 1.11. The number of halogens is 3. The van der Waals surface area contributed by atoms with Crippen LogP contribution in [-0.4, -0.2) is 45.1 Å². The van der Waals surface area contributed by atoms with Crippen molar-refractivity contribution >= 4 is 11.8 Å². The molecule has 3 aromatic rings. The molecule has 13 heteroatoms. The van der Waals surface area contributed by atoms with Crippen LogP contribution < -0.4 is 10.5 Å². The number of rotatable bonds is 8. The van der Waals surface area contributed by atoms with Gasteiger partial charge in [-0.3, -0.25) is 4.79 Å². The number of esters is 1. The van der Waals surface area contributed by atoms with Gasteiger partial charge in [0.15, 0.2) is 17.4 Å². The molecule has 2 heterocycles. The van der Waals surface area contributed by atoms with Crippen molar-refractivity contribution in [2.75, 3.05) is 13.7 Å². The van der Waals surface area contributed by atoms with Gasteiger partial charge in [-0.15, -0.1) is 4.73 Å². The number of ether oxygens (including phenoxy) is 1. The van der Waals surface area contributed by atoms with Crippen molar-refractivity contribution in [3.8, 4) is 0 Å². The van der Waals surface area contributed by atoms with Crippen LogP contribution in [0.3, 0.4) is 0 Å². The number of aryl methyl sites for hydroxylation is 1. The zero-order valence-corrected chi connectivity index (χ0v) is 19.0. The Kier molecular flexibility index (Phi) is 6.26. The topological polar surface area (TPSA) is 118 Å². The molecule has 0 spiro atoms. The summed E-state index contributed by atoms with van der Waals surface area (Å²) in [4.78, 5) is 43.7. The van der Waals surface area contributed by atoms with Crippen LogP contribution in [-0.2, 0) is 17.5 Å². The van der Waals surface area contributed by atoms with E-state index in [9.17, 15) is 27.6 Å². The van der Waals surface area contributed by atoms with E-state index in [0.717, 1.165) is 34.7 Å². The Morgan fingerprint density at radius 1 is 1.26 bits per heavy atom. The molecule has 1 aromatic carbocycles. The molecule has 0 N–H and O–H groups in total. The Hall–Kier alpha value is -3.90. The van der Waals surface area contributed by atoms with Gasteiger partial charge in [-0.1, -0.05) is 11.2 Å². The van der Waals surface area contributed by atoms with Crippen molar-refractivity contribution in [2.24, 2.45) is 0 Å². The molecule has 2 aromatic heterocycles. The number of ketones is 1. The van der Waals surface area contributed by atoms with Gasteiger partial charge in [0.25, 0.3) is 0 Å². The van der Waals surface area contributed by atoms with E-state index in [1.165, 1.54) is 6.92 Å². The number of alkyl halides is 3. The van der Waals surface area contributed by atoms with E-state index < -0.39 is 35.7 Å². The number of hydrogen-bond donors (Lipinski definition) is 0. The predicted molar refractivity (Wildman–Crippen MR) is 112 cm³/mol. The highest BCUT2D eigenvalue weighted by Crippen LogP contribution is 2.43. The molecular formula is C22H21F3N4O6. The lowest BCUT2D eigenvalue weighted by atomic mass is 9.94. The largest absolute Gasteiger partial charge is 0.464 e. The van der Waals surface area contributed by atoms with E-state index in [1.54, 1.807) is 6.92 Å². The monoisotopic (exact) mass is 494 g/mol. The quantitative estimate of drug-likeness (QED) is 0.347. The molecule has 0 radical (unpaired) electrons. The van der Waals surface area contributed by atoms with Crippen LogP contribution in [0.2, 0.25) is 0 Å². The molecule has 0 bridgehead atoms. The van der Waals surface area contributed by atoms with Gasteiger partial charge < -0.3 is 14.1 Å². The summed E-state index contributed by atoms with van der Waals surface area (Å²) in [5.74, 6) is -1.47. The minimum Gasteiger partial charge on any atom is -0.464 e. The van der Waals surface area contributed by atoms with Crippen LogP contribution in [0.5, 0.6) is 0 Å². The molecule has 186 valence electrons. The number of nitrogens with zero attached hydrogens (tertiary/aromatic N) is 4. The van der Waals surface area contributed by atoms with Crippen molar-refractivity contribution < 1.29 is 36.9 Å². The van der Waals surface area contributed by atoms with Crippen LogP contribution in [0, 0.1) is 6.92 Å². The summed E-state index contributed by atoms with van der Waals surface area (Å²) in [6.07, 6.45) is -3.28. The van der Waals surface area contributed by atoms with Gasteiger partial charge in [0, 0.05) is 11.5 Å². The standard InChI is InChI=1S/C22H21F3N4O6/c1-4-34-29-11(2)26-28(21(29)32)10-13-9-14(22(23,24)25)7-8-15(13)18(30)16-17(20(31)33-3)27-35-19(16)12-5-6-12/h7-9,12H,4-6,10H2,1-3H3. The molecule has 4 rings (SSSR count). The summed E-state index contributed by atoms with van der Waals surface area (Å²) < 4.78 is 52.2. The van der Waals surface area contributed by atoms with Gasteiger partial charge in [-0.25, -0.2) is 14.3 Å². The van der Waals surface area contributed by atoms with E-state index in [2.05, 4.69) is 15.0 Å². The predicted octanol–water partition coefficient (Wildman–Crippen LogP) is 2.75. The third kappa shape index (κ3) is 4.57. The van der Waals surface area contributed by atoms with Gasteiger partial charge in [-0.2, -0.15) is 18.3 Å². The smallest absolute Gasteiger partial charge is 0.416 e. The Labute approximate surface area is 196 Å². The first kappa shape index (κ1) is 24.2. The van der Waals surface area contributed by atoms with E-state index in [4.69, 9.17) is 9.36 Å². The average molecular weight is 494 g/mol. The van der Waals surface area contributed by atoms with Gasteiger partial charge >= 0.3 is 17.8 Å².